The highest BCUT2D eigenvalue weighted by Crippen LogP contribution is 2.55. The van der Waals surface area contributed by atoms with Crippen LogP contribution in [0.2, 0.25) is 10.0 Å². The Hall–Kier alpha value is -3.53. The van der Waals surface area contributed by atoms with Crippen molar-refractivity contribution >= 4 is 85.4 Å². The lowest BCUT2D eigenvalue weighted by Crippen LogP contribution is -2.33. The Morgan fingerprint density at radius 1 is 0.977 bits per heavy atom. The molecule has 4 aromatic rings. The molecule has 0 bridgehead atoms. The molecule has 3 amide bonds. The number of benzene rings is 3. The first-order valence-corrected chi connectivity index (χ1v) is 16.7. The number of thioether (sulfide) groups is 1. The minimum atomic E-state index is -3.93. The van der Waals surface area contributed by atoms with Crippen LogP contribution in [-0.4, -0.2) is 36.0 Å². The Bertz CT molecular complexity index is 2020. The summed E-state index contributed by atoms with van der Waals surface area (Å²) in [5.74, 6) is -4.06. The fourth-order valence-electron chi connectivity index (χ4n) is 5.27. The molecule has 1 fully saturated rings. The standard InChI is InChI=1S/C28H19Cl2FN4O6S3/c29-18-3-1-2-17(22(18)30)20-21-23(26(38)35(25(21)37)15-8-4-13(31)5-9-15)42-27-24(20)43-28(39)34(27)12-19(36)33-14-6-10-16(11-7-14)44(32,40)41/h1-11,20-21,23H,12H2,(H,33,36)(H2,32,40,41). The van der Waals surface area contributed by atoms with Crippen molar-refractivity contribution in [2.45, 2.75) is 27.6 Å². The molecule has 0 radical (unpaired) electrons. The van der Waals surface area contributed by atoms with E-state index in [0.29, 0.717) is 15.5 Å². The number of fused-ring (bicyclic) bond motifs is 2. The van der Waals surface area contributed by atoms with Gasteiger partial charge >= 0.3 is 4.87 Å². The van der Waals surface area contributed by atoms with Crippen LogP contribution < -0.4 is 20.2 Å². The summed E-state index contributed by atoms with van der Waals surface area (Å²) in [7, 11) is -3.93. The molecule has 226 valence electrons. The number of nitrogens with one attached hydrogen (secondary N) is 1. The molecule has 1 saturated heterocycles. The highest BCUT2D eigenvalue weighted by atomic mass is 35.5. The Morgan fingerprint density at radius 2 is 1.66 bits per heavy atom. The maximum absolute atomic E-state index is 13.9. The molecule has 3 aromatic carbocycles. The van der Waals surface area contributed by atoms with Gasteiger partial charge in [0.05, 0.1) is 31.6 Å². The van der Waals surface area contributed by atoms with Crippen LogP contribution >= 0.6 is 46.3 Å². The molecule has 0 aliphatic carbocycles. The zero-order valence-corrected chi connectivity index (χ0v) is 26.0. The third-order valence-corrected chi connectivity index (χ3v) is 11.6. The largest absolute Gasteiger partial charge is 0.325 e. The van der Waals surface area contributed by atoms with Crippen molar-refractivity contribution in [3.05, 3.63) is 103 Å². The summed E-state index contributed by atoms with van der Waals surface area (Å²) < 4.78 is 37.9. The summed E-state index contributed by atoms with van der Waals surface area (Å²) in [6.45, 7) is -0.439. The molecule has 2 aliphatic rings. The van der Waals surface area contributed by atoms with Crippen molar-refractivity contribution in [3.63, 3.8) is 0 Å². The maximum Gasteiger partial charge on any atom is 0.308 e. The lowest BCUT2D eigenvalue weighted by molar-refractivity contribution is -0.122. The molecular weight excluding hydrogens is 674 g/mol. The molecule has 0 spiro atoms. The number of amides is 3. The van der Waals surface area contributed by atoms with Gasteiger partial charge < -0.3 is 5.32 Å². The van der Waals surface area contributed by atoms with Gasteiger partial charge in [0, 0.05) is 16.5 Å². The Kier molecular flexibility index (Phi) is 7.93. The quantitative estimate of drug-likeness (QED) is 0.284. The molecular formula is C28H19Cl2FN4O6S3. The molecule has 0 saturated carbocycles. The van der Waals surface area contributed by atoms with Gasteiger partial charge in [0.2, 0.25) is 27.7 Å². The van der Waals surface area contributed by atoms with Crippen LogP contribution in [0.4, 0.5) is 15.8 Å². The van der Waals surface area contributed by atoms with Gasteiger partial charge in [0.25, 0.3) is 0 Å². The number of hydrogen-bond donors (Lipinski definition) is 2. The molecule has 10 nitrogen and oxygen atoms in total. The van der Waals surface area contributed by atoms with E-state index in [1.54, 1.807) is 18.2 Å². The number of primary sulfonamides is 1. The van der Waals surface area contributed by atoms with E-state index >= 15 is 0 Å². The van der Waals surface area contributed by atoms with Crippen LogP contribution in [-0.2, 0) is 31.0 Å². The number of carbonyl (C=O) groups excluding carboxylic acids is 3. The predicted molar refractivity (Wildman–Crippen MR) is 165 cm³/mol. The summed E-state index contributed by atoms with van der Waals surface area (Å²) in [6.07, 6.45) is 0. The molecule has 2 aliphatic heterocycles. The van der Waals surface area contributed by atoms with Crippen LogP contribution in [0.1, 0.15) is 16.4 Å². The molecule has 3 heterocycles. The lowest BCUT2D eigenvalue weighted by atomic mass is 9.83. The van der Waals surface area contributed by atoms with Crippen molar-refractivity contribution in [2.24, 2.45) is 11.1 Å². The molecule has 3 unspecified atom stereocenters. The average Bonchev–Trinajstić information content (AvgIpc) is 3.41. The fourth-order valence-corrected chi connectivity index (χ4v) is 8.97. The predicted octanol–water partition coefficient (Wildman–Crippen LogP) is 4.44. The minimum Gasteiger partial charge on any atom is -0.325 e. The van der Waals surface area contributed by atoms with E-state index in [1.807, 2.05) is 0 Å². The first-order valence-electron chi connectivity index (χ1n) is 12.8. The van der Waals surface area contributed by atoms with Crippen molar-refractivity contribution in [2.75, 3.05) is 10.2 Å². The first kappa shape index (κ1) is 30.5. The SMILES string of the molecule is NS(=O)(=O)c1ccc(NC(=O)Cn2c3c(sc2=O)C(c2cccc(Cl)c2Cl)C2C(=O)N(c4ccc(F)cc4)C(=O)C2S3)cc1. The van der Waals surface area contributed by atoms with E-state index in [2.05, 4.69) is 5.32 Å². The van der Waals surface area contributed by atoms with Gasteiger partial charge in [0.15, 0.2) is 0 Å². The van der Waals surface area contributed by atoms with Gasteiger partial charge in [-0.25, -0.2) is 22.8 Å². The Morgan fingerprint density at radius 3 is 2.32 bits per heavy atom. The molecule has 6 rings (SSSR count). The summed E-state index contributed by atoms with van der Waals surface area (Å²) >= 11 is 14.8. The van der Waals surface area contributed by atoms with Crippen molar-refractivity contribution in [1.29, 1.82) is 0 Å². The molecule has 1 aromatic heterocycles. The summed E-state index contributed by atoms with van der Waals surface area (Å²) in [5.41, 5.74) is 0.897. The number of nitrogens with two attached hydrogens (primary N) is 1. The number of sulfonamides is 1. The summed E-state index contributed by atoms with van der Waals surface area (Å²) in [4.78, 5) is 54.8. The van der Waals surface area contributed by atoms with E-state index < -0.39 is 62.1 Å². The monoisotopic (exact) mass is 692 g/mol. The fraction of sp³-hybridized carbons (Fsp3) is 0.143. The maximum atomic E-state index is 13.9. The van der Waals surface area contributed by atoms with Crippen LogP contribution in [0.3, 0.4) is 0 Å². The summed E-state index contributed by atoms with van der Waals surface area (Å²) in [6, 6.07) is 15.0. The van der Waals surface area contributed by atoms with Crippen molar-refractivity contribution < 1.29 is 27.2 Å². The number of imide groups is 1. The zero-order chi connectivity index (χ0) is 31.5. The minimum absolute atomic E-state index is 0.138. The number of anilines is 2. The second-order valence-corrected chi connectivity index (χ2v) is 14.4. The second-order valence-electron chi connectivity index (χ2n) is 9.91. The number of aromatic nitrogens is 1. The third-order valence-electron chi connectivity index (χ3n) is 7.22. The molecule has 3 N–H and O–H groups in total. The van der Waals surface area contributed by atoms with Gasteiger partial charge in [0.1, 0.15) is 17.6 Å². The number of thiazole rings is 1. The number of halogens is 3. The van der Waals surface area contributed by atoms with Gasteiger partial charge in [-0.15, -0.1) is 0 Å². The van der Waals surface area contributed by atoms with E-state index in [1.165, 1.54) is 41.0 Å². The topological polar surface area (TPSA) is 149 Å². The summed E-state index contributed by atoms with van der Waals surface area (Å²) in [5, 5.41) is 7.43. The molecule has 3 atom stereocenters. The van der Waals surface area contributed by atoms with Crippen molar-refractivity contribution in [1.82, 2.24) is 4.57 Å². The van der Waals surface area contributed by atoms with Crippen LogP contribution in [0.25, 0.3) is 0 Å². The lowest BCUT2D eigenvalue weighted by Gasteiger charge is -2.31. The highest BCUT2D eigenvalue weighted by Gasteiger charge is 2.57. The number of rotatable bonds is 6. The highest BCUT2D eigenvalue weighted by molar-refractivity contribution is 8.00. The average molecular weight is 694 g/mol. The van der Waals surface area contributed by atoms with Gasteiger partial charge in [-0.05, 0) is 60.2 Å². The van der Waals surface area contributed by atoms with E-state index in [9.17, 15) is 32.0 Å². The molecule has 44 heavy (non-hydrogen) atoms. The van der Waals surface area contributed by atoms with Gasteiger partial charge in [-0.1, -0.05) is 58.4 Å². The molecule has 16 heteroatoms. The number of carbonyl (C=O) groups is 3. The normalized spacial score (nSPS) is 19.5. The van der Waals surface area contributed by atoms with Crippen LogP contribution in [0.5, 0.6) is 0 Å². The zero-order valence-electron chi connectivity index (χ0n) is 22.1. The van der Waals surface area contributed by atoms with Crippen LogP contribution in [0.15, 0.2) is 81.4 Å². The van der Waals surface area contributed by atoms with E-state index in [-0.39, 0.29) is 26.3 Å². The third kappa shape index (κ3) is 5.35. The first-order chi connectivity index (χ1) is 20.8. The number of hydrogen-bond acceptors (Lipinski definition) is 8. The van der Waals surface area contributed by atoms with E-state index in [0.717, 1.165) is 40.1 Å². The van der Waals surface area contributed by atoms with E-state index in [4.69, 9.17) is 28.3 Å². The Balaban J connectivity index is 1.39. The number of nitrogens with zero attached hydrogens (tertiary/aromatic N) is 2. The van der Waals surface area contributed by atoms with Crippen LogP contribution in [0, 0.1) is 11.7 Å². The van der Waals surface area contributed by atoms with Crippen molar-refractivity contribution in [3.8, 4) is 0 Å². The smallest absolute Gasteiger partial charge is 0.308 e. The van der Waals surface area contributed by atoms with Gasteiger partial charge in [-0.3, -0.25) is 23.7 Å². The van der Waals surface area contributed by atoms with Gasteiger partial charge in [-0.2, -0.15) is 0 Å². The Labute approximate surface area is 267 Å². The second kappa shape index (κ2) is 11.4.